The fourth-order valence-corrected chi connectivity index (χ4v) is 3.50. The molecule has 0 heterocycles. The zero-order valence-electron chi connectivity index (χ0n) is 10.8. The molecule has 1 N–H and O–H groups in total. The van der Waals surface area contributed by atoms with E-state index in [1.165, 1.54) is 6.42 Å². The lowest BCUT2D eigenvalue weighted by atomic mass is 9.81. The summed E-state index contributed by atoms with van der Waals surface area (Å²) in [5.41, 5.74) is 7.74. The van der Waals surface area contributed by atoms with Gasteiger partial charge in [-0.05, 0) is 43.6 Å². The van der Waals surface area contributed by atoms with Crippen LogP contribution in [0.1, 0.15) is 32.6 Å². The summed E-state index contributed by atoms with van der Waals surface area (Å²) in [6, 6.07) is 0. The van der Waals surface area contributed by atoms with Gasteiger partial charge in [0.25, 0.3) is 0 Å². The predicted molar refractivity (Wildman–Crippen MR) is 66.8 cm³/mol. The largest absolute Gasteiger partial charge is 0.465 e. The third-order valence-electron chi connectivity index (χ3n) is 4.20. The van der Waals surface area contributed by atoms with E-state index in [0.717, 1.165) is 19.3 Å². The maximum Gasteiger partial charge on any atom is 0.326 e. The molecule has 0 aromatic rings. The number of hydrogen-bond donors (Lipinski definition) is 1. The van der Waals surface area contributed by atoms with Crippen molar-refractivity contribution in [3.05, 3.63) is 10.4 Å². The lowest BCUT2D eigenvalue weighted by Crippen LogP contribution is -2.57. The molecule has 6 heteroatoms. The van der Waals surface area contributed by atoms with Crippen LogP contribution in [0.25, 0.3) is 10.4 Å². The summed E-state index contributed by atoms with van der Waals surface area (Å²) in [6.07, 6.45) is 4.31. The number of carbonyl (C=O) groups is 1. The summed E-state index contributed by atoms with van der Waals surface area (Å²) in [5, 5.41) is 6.80. The van der Waals surface area contributed by atoms with Gasteiger partial charge in [0, 0.05) is 18.0 Å². The molecule has 2 aliphatic rings. The van der Waals surface area contributed by atoms with Gasteiger partial charge in [-0.15, -0.1) is 0 Å². The third-order valence-corrected chi connectivity index (χ3v) is 4.20. The smallest absolute Gasteiger partial charge is 0.326 e. The Bertz CT molecular complexity index is 367. The first-order valence-corrected chi connectivity index (χ1v) is 6.66. The minimum absolute atomic E-state index is 0.127. The van der Waals surface area contributed by atoms with Crippen LogP contribution in [-0.2, 0) is 9.53 Å². The van der Waals surface area contributed by atoms with Crippen LogP contribution in [0.5, 0.6) is 0 Å². The molecule has 2 aliphatic carbocycles. The van der Waals surface area contributed by atoms with Crippen molar-refractivity contribution in [2.24, 2.45) is 17.0 Å². The Hall–Kier alpha value is -1.26. The highest BCUT2D eigenvalue weighted by Crippen LogP contribution is 2.51. The molecule has 0 aromatic heterocycles. The molecule has 3 atom stereocenters. The molecule has 6 nitrogen and oxygen atoms in total. The summed E-state index contributed by atoms with van der Waals surface area (Å²) in [4.78, 5) is 15.0. The molecule has 3 unspecified atom stereocenters. The van der Waals surface area contributed by atoms with Gasteiger partial charge in [0.1, 0.15) is 5.54 Å². The Morgan fingerprint density at radius 1 is 1.61 bits per heavy atom. The lowest BCUT2D eigenvalue weighted by Gasteiger charge is -2.36. The van der Waals surface area contributed by atoms with Gasteiger partial charge in [-0.2, -0.15) is 0 Å². The molecule has 0 amide bonds. The maximum atomic E-state index is 12.2. The number of ether oxygens (including phenoxy) is 1. The van der Waals surface area contributed by atoms with Gasteiger partial charge in [-0.1, -0.05) is 11.5 Å². The average Bonchev–Trinajstić information content (AvgIpc) is 2.96. The lowest BCUT2D eigenvalue weighted by molar-refractivity contribution is -0.153. The van der Waals surface area contributed by atoms with Crippen molar-refractivity contribution in [2.75, 3.05) is 19.7 Å². The summed E-state index contributed by atoms with van der Waals surface area (Å²) in [6.45, 7) is 3.15. The highest BCUT2D eigenvalue weighted by Gasteiger charge is 2.56. The molecule has 0 saturated heterocycles. The van der Waals surface area contributed by atoms with Crippen LogP contribution in [0.4, 0.5) is 0 Å². The van der Waals surface area contributed by atoms with Crippen LogP contribution in [0.2, 0.25) is 0 Å². The molecule has 2 fully saturated rings. The zero-order valence-corrected chi connectivity index (χ0v) is 10.8. The number of hydrogen-bond acceptors (Lipinski definition) is 4. The summed E-state index contributed by atoms with van der Waals surface area (Å²) in [7, 11) is 0. The summed E-state index contributed by atoms with van der Waals surface area (Å²) < 4.78 is 5.23. The van der Waals surface area contributed by atoms with E-state index in [-0.39, 0.29) is 5.97 Å². The molecule has 0 radical (unpaired) electrons. The average molecular weight is 252 g/mol. The van der Waals surface area contributed by atoms with Gasteiger partial charge < -0.3 is 10.1 Å². The minimum Gasteiger partial charge on any atom is -0.465 e. The molecule has 18 heavy (non-hydrogen) atoms. The second-order valence-corrected chi connectivity index (χ2v) is 5.15. The Morgan fingerprint density at radius 3 is 3.00 bits per heavy atom. The van der Waals surface area contributed by atoms with Crippen LogP contribution >= 0.6 is 0 Å². The Morgan fingerprint density at radius 2 is 2.44 bits per heavy atom. The van der Waals surface area contributed by atoms with Gasteiger partial charge in [0.2, 0.25) is 0 Å². The van der Waals surface area contributed by atoms with E-state index < -0.39 is 5.54 Å². The van der Waals surface area contributed by atoms with Crippen molar-refractivity contribution in [1.82, 2.24) is 5.32 Å². The molecular formula is C12H20N4O2. The minimum atomic E-state index is -0.524. The Kier molecular flexibility index (Phi) is 4.09. The maximum absolute atomic E-state index is 12.2. The number of nitrogens with one attached hydrogen (secondary N) is 1. The Labute approximate surface area is 107 Å². The van der Waals surface area contributed by atoms with Crippen molar-refractivity contribution >= 4 is 5.97 Å². The fraction of sp³-hybridized carbons (Fsp3) is 0.917. The summed E-state index contributed by atoms with van der Waals surface area (Å²) >= 11 is 0. The van der Waals surface area contributed by atoms with Crippen molar-refractivity contribution < 1.29 is 9.53 Å². The van der Waals surface area contributed by atoms with Gasteiger partial charge in [-0.25, -0.2) is 0 Å². The highest BCUT2D eigenvalue weighted by molar-refractivity contribution is 5.82. The molecule has 0 spiro atoms. The van der Waals surface area contributed by atoms with E-state index in [9.17, 15) is 4.79 Å². The number of rotatable bonds is 6. The van der Waals surface area contributed by atoms with Gasteiger partial charge in [-0.3, -0.25) is 4.79 Å². The second kappa shape index (κ2) is 5.59. The van der Waals surface area contributed by atoms with E-state index in [4.69, 9.17) is 10.3 Å². The van der Waals surface area contributed by atoms with Gasteiger partial charge in [0.15, 0.2) is 0 Å². The zero-order chi connectivity index (χ0) is 13.0. The quantitative estimate of drug-likeness (QED) is 0.258. The SMILES string of the molecule is CCOC(=O)C1(NCCN=[N+]=[N-])CC2CCC1C2. The molecule has 2 rings (SSSR count). The highest BCUT2D eigenvalue weighted by atomic mass is 16.5. The summed E-state index contributed by atoms with van der Waals surface area (Å²) in [5.74, 6) is 0.900. The van der Waals surface area contributed by atoms with Gasteiger partial charge >= 0.3 is 5.97 Å². The predicted octanol–water partition coefficient (Wildman–Crippen LogP) is 2.01. The van der Waals surface area contributed by atoms with Crippen molar-refractivity contribution in [1.29, 1.82) is 0 Å². The van der Waals surface area contributed by atoms with E-state index in [1.54, 1.807) is 0 Å². The second-order valence-electron chi connectivity index (χ2n) is 5.15. The van der Waals surface area contributed by atoms with Crippen molar-refractivity contribution in [2.45, 2.75) is 38.1 Å². The van der Waals surface area contributed by atoms with E-state index >= 15 is 0 Å². The van der Waals surface area contributed by atoms with E-state index in [1.807, 2.05) is 6.92 Å². The first kappa shape index (κ1) is 13.2. The van der Waals surface area contributed by atoms with Crippen LogP contribution in [0.15, 0.2) is 5.11 Å². The molecule has 0 aliphatic heterocycles. The number of fused-ring (bicyclic) bond motifs is 2. The number of carbonyl (C=O) groups excluding carboxylic acids is 1. The van der Waals surface area contributed by atoms with Crippen LogP contribution in [0, 0.1) is 11.8 Å². The molecule has 100 valence electrons. The van der Waals surface area contributed by atoms with Crippen molar-refractivity contribution in [3.8, 4) is 0 Å². The van der Waals surface area contributed by atoms with E-state index in [2.05, 4.69) is 15.3 Å². The normalized spacial score (nSPS) is 33.2. The third kappa shape index (κ3) is 2.31. The number of esters is 1. The standard InChI is InChI=1S/C12H20N4O2/c1-2-18-11(17)12(14-5-6-15-16-13)8-9-3-4-10(12)7-9/h9-10,14H,2-8H2,1H3. The first-order valence-electron chi connectivity index (χ1n) is 6.66. The molecule has 0 aromatic carbocycles. The van der Waals surface area contributed by atoms with Crippen molar-refractivity contribution in [3.63, 3.8) is 0 Å². The van der Waals surface area contributed by atoms with Crippen LogP contribution < -0.4 is 5.32 Å². The van der Waals surface area contributed by atoms with Crippen LogP contribution in [0.3, 0.4) is 0 Å². The Balaban J connectivity index is 2.03. The molecule has 2 bridgehead atoms. The number of nitrogens with zero attached hydrogens (tertiary/aromatic N) is 3. The fourth-order valence-electron chi connectivity index (χ4n) is 3.50. The van der Waals surface area contributed by atoms with Crippen LogP contribution in [-0.4, -0.2) is 31.2 Å². The first-order chi connectivity index (χ1) is 8.73. The van der Waals surface area contributed by atoms with E-state index in [0.29, 0.717) is 31.5 Å². The topological polar surface area (TPSA) is 87.1 Å². The van der Waals surface area contributed by atoms with Gasteiger partial charge in [0.05, 0.1) is 6.61 Å². The monoisotopic (exact) mass is 252 g/mol. The number of azide groups is 1. The molecular weight excluding hydrogens is 232 g/mol. The molecule has 2 saturated carbocycles.